The number of guanidine groups is 1. The minimum Gasteiger partial charge on any atom is -0.354 e. The molecule has 0 saturated carbocycles. The van der Waals surface area contributed by atoms with Crippen LogP contribution in [0.15, 0.2) is 29.3 Å². The molecule has 5 heteroatoms. The van der Waals surface area contributed by atoms with Gasteiger partial charge in [-0.05, 0) is 25.5 Å². The van der Waals surface area contributed by atoms with Crippen LogP contribution >= 0.6 is 35.6 Å². The molecule has 0 unspecified atom stereocenters. The van der Waals surface area contributed by atoms with E-state index in [0.717, 1.165) is 16.5 Å². The minimum absolute atomic E-state index is 0. The molecule has 0 spiro atoms. The zero-order chi connectivity index (χ0) is 12.0. The standard InChI is InChI=1S/C12H18ClN3.HI/c1-9(2)16-12(14-3)15-8-10-6-4-5-7-11(10)13;/h4-7,9H,8H2,1-3H3,(H2,14,15,16);1H. The highest BCUT2D eigenvalue weighted by molar-refractivity contribution is 14.0. The lowest BCUT2D eigenvalue weighted by Gasteiger charge is -2.14. The molecule has 0 bridgehead atoms. The maximum atomic E-state index is 6.06. The second-order valence-corrected chi connectivity index (χ2v) is 4.22. The van der Waals surface area contributed by atoms with Crippen LogP contribution in [0.3, 0.4) is 0 Å². The van der Waals surface area contributed by atoms with Gasteiger partial charge in [-0.3, -0.25) is 4.99 Å². The molecule has 3 nitrogen and oxygen atoms in total. The SMILES string of the molecule is CN=C(NCc1ccccc1Cl)NC(C)C.I. The molecule has 0 amide bonds. The highest BCUT2D eigenvalue weighted by Gasteiger charge is 2.02. The van der Waals surface area contributed by atoms with Crippen LogP contribution in [0.4, 0.5) is 0 Å². The van der Waals surface area contributed by atoms with Gasteiger partial charge in [0.15, 0.2) is 5.96 Å². The average molecular weight is 368 g/mol. The molecule has 0 fully saturated rings. The summed E-state index contributed by atoms with van der Waals surface area (Å²) in [7, 11) is 1.75. The third-order valence-electron chi connectivity index (χ3n) is 2.05. The summed E-state index contributed by atoms with van der Waals surface area (Å²) in [5.41, 5.74) is 1.07. The van der Waals surface area contributed by atoms with Crippen molar-refractivity contribution in [3.8, 4) is 0 Å². The van der Waals surface area contributed by atoms with Crippen LogP contribution in [0.25, 0.3) is 0 Å². The van der Waals surface area contributed by atoms with E-state index in [1.165, 1.54) is 0 Å². The molecule has 17 heavy (non-hydrogen) atoms. The fraction of sp³-hybridized carbons (Fsp3) is 0.417. The fourth-order valence-corrected chi connectivity index (χ4v) is 1.49. The zero-order valence-electron chi connectivity index (χ0n) is 10.3. The maximum Gasteiger partial charge on any atom is 0.191 e. The van der Waals surface area contributed by atoms with E-state index in [2.05, 4.69) is 29.5 Å². The summed E-state index contributed by atoms with van der Waals surface area (Å²) in [6.07, 6.45) is 0. The van der Waals surface area contributed by atoms with E-state index in [4.69, 9.17) is 11.6 Å². The summed E-state index contributed by atoms with van der Waals surface area (Å²) in [4.78, 5) is 4.12. The van der Waals surface area contributed by atoms with Crippen molar-refractivity contribution in [2.24, 2.45) is 4.99 Å². The quantitative estimate of drug-likeness (QED) is 0.489. The smallest absolute Gasteiger partial charge is 0.191 e. The van der Waals surface area contributed by atoms with Gasteiger partial charge in [0.1, 0.15) is 0 Å². The molecule has 0 atom stereocenters. The summed E-state index contributed by atoms with van der Waals surface area (Å²) < 4.78 is 0. The van der Waals surface area contributed by atoms with Crippen LogP contribution in [0.5, 0.6) is 0 Å². The summed E-state index contributed by atoms with van der Waals surface area (Å²) in [5.74, 6) is 0.787. The van der Waals surface area contributed by atoms with Gasteiger partial charge < -0.3 is 10.6 Å². The van der Waals surface area contributed by atoms with Gasteiger partial charge in [0.25, 0.3) is 0 Å². The fourth-order valence-electron chi connectivity index (χ4n) is 1.29. The first-order chi connectivity index (χ1) is 7.63. The molecule has 1 aromatic rings. The Hall–Kier alpha value is -0.490. The molecular formula is C12H19ClIN3. The summed E-state index contributed by atoms with van der Waals surface area (Å²) in [6, 6.07) is 8.14. The Kier molecular flexibility index (Phi) is 8.33. The molecule has 0 aliphatic heterocycles. The molecule has 1 rings (SSSR count). The largest absolute Gasteiger partial charge is 0.354 e. The van der Waals surface area contributed by atoms with Gasteiger partial charge in [-0.2, -0.15) is 0 Å². The van der Waals surface area contributed by atoms with Crippen LogP contribution in [0, 0.1) is 0 Å². The first-order valence-electron chi connectivity index (χ1n) is 5.34. The second kappa shape index (κ2) is 8.58. The third kappa shape index (κ3) is 6.12. The Morgan fingerprint density at radius 1 is 1.35 bits per heavy atom. The highest BCUT2D eigenvalue weighted by atomic mass is 127. The third-order valence-corrected chi connectivity index (χ3v) is 2.42. The first-order valence-corrected chi connectivity index (χ1v) is 5.72. The van der Waals surface area contributed by atoms with Gasteiger partial charge in [0.05, 0.1) is 0 Å². The van der Waals surface area contributed by atoms with Crippen LogP contribution < -0.4 is 10.6 Å². The van der Waals surface area contributed by atoms with Crippen LogP contribution in [-0.4, -0.2) is 19.0 Å². The second-order valence-electron chi connectivity index (χ2n) is 3.82. The number of aliphatic imine (C=N–C) groups is 1. The summed E-state index contributed by atoms with van der Waals surface area (Å²) in [5, 5.41) is 7.20. The number of hydrogen-bond acceptors (Lipinski definition) is 1. The first kappa shape index (κ1) is 16.5. The number of benzene rings is 1. The van der Waals surface area contributed by atoms with E-state index >= 15 is 0 Å². The Bertz CT molecular complexity index is 367. The molecule has 0 saturated heterocycles. The van der Waals surface area contributed by atoms with Gasteiger partial charge in [-0.15, -0.1) is 24.0 Å². The normalized spacial score (nSPS) is 11.0. The topological polar surface area (TPSA) is 36.4 Å². The molecule has 0 radical (unpaired) electrons. The lowest BCUT2D eigenvalue weighted by atomic mass is 10.2. The summed E-state index contributed by atoms with van der Waals surface area (Å²) >= 11 is 6.06. The van der Waals surface area contributed by atoms with Crippen LogP contribution in [0.2, 0.25) is 5.02 Å². The lowest BCUT2D eigenvalue weighted by Crippen LogP contribution is -2.40. The van der Waals surface area contributed by atoms with Crippen molar-refractivity contribution in [3.63, 3.8) is 0 Å². The maximum absolute atomic E-state index is 6.06. The van der Waals surface area contributed by atoms with Gasteiger partial charge >= 0.3 is 0 Å². The Labute approximate surface area is 125 Å². The van der Waals surface area contributed by atoms with E-state index in [0.29, 0.717) is 12.6 Å². The van der Waals surface area contributed by atoms with Crippen LogP contribution in [0.1, 0.15) is 19.4 Å². The van der Waals surface area contributed by atoms with Gasteiger partial charge in [-0.1, -0.05) is 29.8 Å². The number of hydrogen-bond donors (Lipinski definition) is 2. The van der Waals surface area contributed by atoms with Crippen molar-refractivity contribution in [3.05, 3.63) is 34.9 Å². The number of nitrogens with one attached hydrogen (secondary N) is 2. The van der Waals surface area contributed by atoms with E-state index in [1.807, 2.05) is 24.3 Å². The van der Waals surface area contributed by atoms with Crippen molar-refractivity contribution >= 4 is 41.5 Å². The van der Waals surface area contributed by atoms with Crippen LogP contribution in [-0.2, 0) is 6.54 Å². The van der Waals surface area contributed by atoms with Gasteiger partial charge in [-0.25, -0.2) is 0 Å². The van der Waals surface area contributed by atoms with Crippen molar-refractivity contribution in [1.29, 1.82) is 0 Å². The van der Waals surface area contributed by atoms with Crippen molar-refractivity contribution in [2.75, 3.05) is 7.05 Å². The van der Waals surface area contributed by atoms with E-state index in [1.54, 1.807) is 7.05 Å². The Balaban J connectivity index is 0.00000256. The predicted molar refractivity (Wildman–Crippen MR) is 85.3 cm³/mol. The predicted octanol–water partition coefficient (Wildman–Crippen LogP) is 3.03. The van der Waals surface area contributed by atoms with E-state index < -0.39 is 0 Å². The van der Waals surface area contributed by atoms with Crippen molar-refractivity contribution < 1.29 is 0 Å². The number of rotatable bonds is 3. The molecule has 0 aliphatic carbocycles. The van der Waals surface area contributed by atoms with Crippen molar-refractivity contribution in [1.82, 2.24) is 10.6 Å². The average Bonchev–Trinajstić information content (AvgIpc) is 2.25. The minimum atomic E-state index is 0. The van der Waals surface area contributed by atoms with E-state index in [9.17, 15) is 0 Å². The molecule has 0 aliphatic rings. The molecule has 1 aromatic carbocycles. The number of nitrogens with zero attached hydrogens (tertiary/aromatic N) is 1. The van der Waals surface area contributed by atoms with Gasteiger partial charge in [0.2, 0.25) is 0 Å². The molecular weight excluding hydrogens is 349 g/mol. The summed E-state index contributed by atoms with van der Waals surface area (Å²) in [6.45, 7) is 4.82. The lowest BCUT2D eigenvalue weighted by molar-refractivity contribution is 0.699. The highest BCUT2D eigenvalue weighted by Crippen LogP contribution is 2.14. The molecule has 0 heterocycles. The molecule has 0 aromatic heterocycles. The van der Waals surface area contributed by atoms with Gasteiger partial charge in [0, 0.05) is 24.7 Å². The zero-order valence-corrected chi connectivity index (χ0v) is 13.4. The van der Waals surface area contributed by atoms with E-state index in [-0.39, 0.29) is 24.0 Å². The Morgan fingerprint density at radius 2 is 2.00 bits per heavy atom. The monoisotopic (exact) mass is 367 g/mol. The van der Waals surface area contributed by atoms with Crippen molar-refractivity contribution in [2.45, 2.75) is 26.4 Å². The number of halogens is 2. The molecule has 2 N–H and O–H groups in total. The Morgan fingerprint density at radius 3 is 2.53 bits per heavy atom. The molecule has 96 valence electrons.